The molecule has 5 nitrogen and oxygen atoms in total. The van der Waals surface area contributed by atoms with Gasteiger partial charge in [-0.1, -0.05) is 13.8 Å². The third-order valence-electron chi connectivity index (χ3n) is 1.74. The summed E-state index contributed by atoms with van der Waals surface area (Å²) in [5.41, 5.74) is 0. The predicted octanol–water partition coefficient (Wildman–Crippen LogP) is -7.88. The number of carbonyl (C=O) groups excluding carboxylic acids is 3. The number of ketones is 1. The van der Waals surface area contributed by atoms with Crippen LogP contribution in [0.15, 0.2) is 0 Å². The minimum atomic E-state index is -1.84. The van der Waals surface area contributed by atoms with Crippen molar-refractivity contribution >= 4 is 17.7 Å². The van der Waals surface area contributed by atoms with Crippen LogP contribution in [0.1, 0.15) is 26.7 Å². The van der Waals surface area contributed by atoms with E-state index in [1.54, 1.807) is 13.8 Å². The Morgan fingerprint density at radius 2 is 1.50 bits per heavy atom. The van der Waals surface area contributed by atoms with Gasteiger partial charge in [-0.3, -0.25) is 4.79 Å². The van der Waals surface area contributed by atoms with Crippen LogP contribution in [0.3, 0.4) is 0 Å². The van der Waals surface area contributed by atoms with Crippen LogP contribution < -0.4 is 113 Å². The molecule has 0 radical (unpaired) electrons. The van der Waals surface area contributed by atoms with Crippen molar-refractivity contribution in [2.45, 2.75) is 26.7 Å². The van der Waals surface area contributed by atoms with Crippen LogP contribution in [-0.2, 0) is 14.4 Å². The van der Waals surface area contributed by atoms with Crippen molar-refractivity contribution in [1.29, 1.82) is 0 Å². The average Bonchev–Trinajstić information content (AvgIpc) is 1.99. The molecule has 0 aliphatic heterocycles. The van der Waals surface area contributed by atoms with E-state index in [-0.39, 0.29) is 115 Å². The maximum atomic E-state index is 11.0. The molecule has 16 heavy (non-hydrogen) atoms. The van der Waals surface area contributed by atoms with Crippen LogP contribution in [0.5, 0.6) is 0 Å². The fourth-order valence-corrected chi connectivity index (χ4v) is 1.22. The van der Waals surface area contributed by atoms with Crippen molar-refractivity contribution < 1.29 is 127 Å². The quantitative estimate of drug-likeness (QED) is 0.355. The summed E-state index contributed by atoms with van der Waals surface area (Å²) in [5, 5.41) is 20.5. The largest absolute Gasteiger partial charge is 1.00 e. The standard InChI is InChI=1S/C9H14O5.2K/c1-5(2)3-6(4-7(10)11)8(12)9(13)14;;/h5-6H,3-4H2,1-2H3,(H,10,11)(H,13,14);;/q;2*+1/p-2. The molecule has 0 aliphatic carbocycles. The number of carboxylic acids is 2. The topological polar surface area (TPSA) is 97.3 Å². The molecule has 0 spiro atoms. The number of carboxylic acid groups (broad SMARTS) is 2. The first-order valence-corrected chi connectivity index (χ1v) is 4.29. The van der Waals surface area contributed by atoms with Crippen LogP contribution in [0.2, 0.25) is 0 Å². The van der Waals surface area contributed by atoms with Gasteiger partial charge in [0.25, 0.3) is 0 Å². The van der Waals surface area contributed by atoms with Crippen LogP contribution >= 0.6 is 0 Å². The van der Waals surface area contributed by atoms with E-state index in [2.05, 4.69) is 0 Å². The molecule has 0 aromatic carbocycles. The molecule has 0 aromatic heterocycles. The fourth-order valence-electron chi connectivity index (χ4n) is 1.22. The molecule has 0 aliphatic rings. The van der Waals surface area contributed by atoms with E-state index < -0.39 is 30.1 Å². The smallest absolute Gasteiger partial charge is 0.550 e. The molecule has 7 heteroatoms. The van der Waals surface area contributed by atoms with Gasteiger partial charge in [-0.15, -0.1) is 0 Å². The van der Waals surface area contributed by atoms with E-state index in [4.69, 9.17) is 0 Å². The molecule has 0 aromatic rings. The van der Waals surface area contributed by atoms with Gasteiger partial charge in [0.2, 0.25) is 0 Å². The second-order valence-corrected chi connectivity index (χ2v) is 3.55. The van der Waals surface area contributed by atoms with Crippen molar-refractivity contribution in [3.8, 4) is 0 Å². The van der Waals surface area contributed by atoms with Crippen molar-refractivity contribution in [2.24, 2.45) is 11.8 Å². The number of hydrogen-bond acceptors (Lipinski definition) is 5. The zero-order valence-electron chi connectivity index (χ0n) is 10.1. The first-order chi connectivity index (χ1) is 6.34. The third-order valence-corrected chi connectivity index (χ3v) is 1.74. The maximum Gasteiger partial charge on any atom is 1.00 e. The summed E-state index contributed by atoms with van der Waals surface area (Å²) in [7, 11) is 0. The van der Waals surface area contributed by atoms with E-state index in [9.17, 15) is 24.6 Å². The number of rotatable bonds is 6. The number of carbonyl (C=O) groups is 3. The van der Waals surface area contributed by atoms with Gasteiger partial charge in [0.05, 0.1) is 0 Å². The molecule has 0 heterocycles. The summed E-state index contributed by atoms with van der Waals surface area (Å²) >= 11 is 0. The summed E-state index contributed by atoms with van der Waals surface area (Å²) in [4.78, 5) is 31.4. The van der Waals surface area contributed by atoms with Crippen LogP contribution in [0.25, 0.3) is 0 Å². The molecular weight excluding hydrogens is 266 g/mol. The Balaban J connectivity index is -0.000000845. The van der Waals surface area contributed by atoms with E-state index in [1.165, 1.54) is 0 Å². The molecule has 0 bridgehead atoms. The van der Waals surface area contributed by atoms with E-state index >= 15 is 0 Å². The van der Waals surface area contributed by atoms with Crippen LogP contribution in [-0.4, -0.2) is 17.7 Å². The van der Waals surface area contributed by atoms with Crippen molar-refractivity contribution in [3.05, 3.63) is 0 Å². The second kappa shape index (κ2) is 11.9. The summed E-state index contributed by atoms with van der Waals surface area (Å²) in [5.74, 6) is -5.42. The predicted molar refractivity (Wildman–Crippen MR) is 42.6 cm³/mol. The Hall–Kier alpha value is 1.88. The van der Waals surface area contributed by atoms with Crippen LogP contribution in [0, 0.1) is 11.8 Å². The molecule has 1 unspecified atom stereocenters. The van der Waals surface area contributed by atoms with Gasteiger partial charge in [0.1, 0.15) is 5.97 Å². The zero-order chi connectivity index (χ0) is 11.3. The molecular formula is C9H12K2O5. The number of aliphatic carboxylic acids is 2. The maximum absolute atomic E-state index is 11.0. The molecule has 0 N–H and O–H groups in total. The van der Waals surface area contributed by atoms with Gasteiger partial charge in [-0.05, 0) is 18.8 Å². The third kappa shape index (κ3) is 11.0. The molecule has 80 valence electrons. The van der Waals surface area contributed by atoms with Crippen molar-refractivity contribution in [3.63, 3.8) is 0 Å². The van der Waals surface area contributed by atoms with Gasteiger partial charge in [0, 0.05) is 11.9 Å². The van der Waals surface area contributed by atoms with Crippen molar-refractivity contribution in [2.75, 3.05) is 0 Å². The van der Waals surface area contributed by atoms with Crippen LogP contribution in [0.4, 0.5) is 0 Å². The average molecular weight is 278 g/mol. The van der Waals surface area contributed by atoms with Gasteiger partial charge in [0.15, 0.2) is 5.78 Å². The van der Waals surface area contributed by atoms with Gasteiger partial charge >= 0.3 is 103 Å². The second-order valence-electron chi connectivity index (χ2n) is 3.55. The molecule has 0 saturated heterocycles. The summed E-state index contributed by atoms with van der Waals surface area (Å²) in [6.45, 7) is 3.54. The molecule has 0 rings (SSSR count). The molecule has 0 fully saturated rings. The monoisotopic (exact) mass is 278 g/mol. The normalized spacial score (nSPS) is 10.9. The summed E-state index contributed by atoms with van der Waals surface area (Å²) in [6.07, 6.45) is -0.355. The van der Waals surface area contributed by atoms with Gasteiger partial charge in [-0.2, -0.15) is 0 Å². The fraction of sp³-hybridized carbons (Fsp3) is 0.667. The Morgan fingerprint density at radius 3 is 1.75 bits per heavy atom. The number of hydrogen-bond donors (Lipinski definition) is 0. The first kappa shape index (κ1) is 23.0. The SMILES string of the molecule is CC(C)CC(CC(=O)[O-])C(=O)C(=O)[O-].[K+].[K+]. The Kier molecular flexibility index (Phi) is 17.2. The minimum absolute atomic E-state index is 0. The molecule has 0 amide bonds. The molecule has 1 atom stereocenters. The first-order valence-electron chi connectivity index (χ1n) is 4.29. The Bertz CT molecular complexity index is 252. The Labute approximate surface area is 180 Å². The summed E-state index contributed by atoms with van der Waals surface area (Å²) < 4.78 is 0. The van der Waals surface area contributed by atoms with E-state index in [0.717, 1.165) is 0 Å². The summed E-state index contributed by atoms with van der Waals surface area (Å²) in [6, 6.07) is 0. The minimum Gasteiger partial charge on any atom is -0.550 e. The van der Waals surface area contributed by atoms with Gasteiger partial charge in [-0.25, -0.2) is 0 Å². The van der Waals surface area contributed by atoms with E-state index in [0.29, 0.717) is 0 Å². The number of Topliss-reactive ketones (excluding diaryl/α,β-unsaturated/α-hetero) is 1. The molecule has 0 saturated carbocycles. The zero-order valence-corrected chi connectivity index (χ0v) is 16.4. The van der Waals surface area contributed by atoms with Gasteiger partial charge < -0.3 is 19.8 Å². The van der Waals surface area contributed by atoms with E-state index in [1.807, 2.05) is 0 Å². The Morgan fingerprint density at radius 1 is 1.06 bits per heavy atom. The van der Waals surface area contributed by atoms with Crippen molar-refractivity contribution in [1.82, 2.24) is 0 Å².